The molecule has 0 aliphatic carbocycles. The van der Waals surface area contributed by atoms with E-state index in [1.165, 1.54) is 0 Å². The van der Waals surface area contributed by atoms with Gasteiger partial charge in [-0.15, -0.1) is 0 Å². The summed E-state index contributed by atoms with van der Waals surface area (Å²) in [6.45, 7) is 1.08. The van der Waals surface area contributed by atoms with E-state index in [1.807, 2.05) is 0 Å². The van der Waals surface area contributed by atoms with Crippen molar-refractivity contribution in [2.75, 3.05) is 0 Å². The van der Waals surface area contributed by atoms with E-state index in [1.54, 1.807) is 0 Å². The van der Waals surface area contributed by atoms with Gasteiger partial charge in [-0.1, -0.05) is 0 Å². The van der Waals surface area contributed by atoms with E-state index in [0.717, 1.165) is 6.92 Å². The van der Waals surface area contributed by atoms with E-state index in [4.69, 9.17) is 48.4 Å². The first-order valence-corrected chi connectivity index (χ1v) is 5.31. The first kappa shape index (κ1) is 37.1. The SMILES string of the molecule is CC(=O)O.O=P([O-])([O-])[O-].O=P([O-])([O-])[O-].[Ca+2].[Ca+2].[Ca+2]. The zero-order valence-electron chi connectivity index (χ0n) is 8.64. The van der Waals surface area contributed by atoms with Gasteiger partial charge in [0, 0.05) is 6.92 Å². The van der Waals surface area contributed by atoms with Crippen LogP contribution in [-0.4, -0.2) is 124 Å². The van der Waals surface area contributed by atoms with E-state index in [0.29, 0.717) is 0 Å². The molecule has 0 aromatic heterocycles. The van der Waals surface area contributed by atoms with Gasteiger partial charge in [-0.3, -0.25) is 4.79 Å². The molecule has 0 spiro atoms. The molecule has 0 aromatic rings. The van der Waals surface area contributed by atoms with Crippen LogP contribution in [0, 0.1) is 0 Å². The van der Waals surface area contributed by atoms with Crippen LogP contribution >= 0.6 is 15.6 Å². The van der Waals surface area contributed by atoms with Crippen molar-refractivity contribution in [3.8, 4) is 0 Å². The number of carboxylic acids is 1. The minimum Gasteiger partial charge on any atom is -0.822 e. The average molecular weight is 370 g/mol. The summed E-state index contributed by atoms with van der Waals surface area (Å²) in [5.74, 6) is -0.833. The predicted octanol–water partition coefficient (Wildman–Crippen LogP) is -6.70. The van der Waals surface area contributed by atoms with Gasteiger partial charge in [-0.2, -0.15) is 15.6 Å². The van der Waals surface area contributed by atoms with Gasteiger partial charge in [0.15, 0.2) is 0 Å². The van der Waals surface area contributed by atoms with E-state index in [2.05, 4.69) is 0 Å². The zero-order valence-corrected chi connectivity index (χ0v) is 17.1. The van der Waals surface area contributed by atoms with Crippen molar-refractivity contribution in [1.82, 2.24) is 0 Å². The normalized spacial score (nSPS) is 8.41. The number of hydrogen-bond donors (Lipinski definition) is 1. The third-order valence-electron chi connectivity index (χ3n) is 0. The van der Waals surface area contributed by atoms with E-state index >= 15 is 0 Å². The summed E-state index contributed by atoms with van der Waals surface area (Å²) in [6, 6.07) is 0. The third-order valence-corrected chi connectivity index (χ3v) is 0. The molecule has 0 saturated carbocycles. The van der Waals surface area contributed by atoms with Gasteiger partial charge in [0.05, 0.1) is 0 Å². The second-order valence-corrected chi connectivity index (χ2v) is 3.20. The Hall–Kier alpha value is 3.47. The molecule has 0 fully saturated rings. The quantitative estimate of drug-likeness (QED) is 0.314. The fraction of sp³-hybridized carbons (Fsp3) is 0.500. The summed E-state index contributed by atoms with van der Waals surface area (Å²) in [4.78, 5) is 60.3. The average Bonchev–Trinajstić information content (AvgIpc) is 1.45. The molecule has 0 aliphatic rings. The van der Waals surface area contributed by atoms with Crippen LogP contribution in [0.15, 0.2) is 0 Å². The van der Waals surface area contributed by atoms with E-state index < -0.39 is 21.6 Å². The van der Waals surface area contributed by atoms with Gasteiger partial charge in [0.2, 0.25) is 0 Å². The minimum atomic E-state index is -5.39. The number of phosphoric acid groups is 2. The number of hydrogen-bond acceptors (Lipinski definition) is 9. The van der Waals surface area contributed by atoms with Crippen molar-refractivity contribution in [3.63, 3.8) is 0 Å². The third kappa shape index (κ3) is 494. The molecule has 0 atom stereocenters. The Balaban J connectivity index is -0.0000000247. The Bertz CT molecular complexity index is 203. The monoisotopic (exact) mass is 370 g/mol. The standard InChI is InChI=1S/C2H4O2.3Ca.2H3O4P/c1-2(3)4;;;;2*1-5(2,3)4/h1H3,(H,3,4);;;;2*(H3,1,2,3,4)/q;3*+2;;/p-6. The van der Waals surface area contributed by atoms with Gasteiger partial charge in [-0.05, 0) is 0 Å². The predicted molar refractivity (Wildman–Crippen MR) is 45.8 cm³/mol. The maximum atomic E-state index is 9.00. The van der Waals surface area contributed by atoms with Crippen LogP contribution in [-0.2, 0) is 13.9 Å². The maximum Gasteiger partial charge on any atom is 2.00 e. The number of aliphatic carboxylic acids is 1. The van der Waals surface area contributed by atoms with Crippen LogP contribution in [0.3, 0.4) is 0 Å². The minimum absolute atomic E-state index is 0. The summed E-state index contributed by atoms with van der Waals surface area (Å²) in [5.41, 5.74) is 0. The zero-order chi connectivity index (χ0) is 12.6. The first-order valence-electron chi connectivity index (χ1n) is 2.39. The Morgan fingerprint density at radius 3 is 0.824 bits per heavy atom. The smallest absolute Gasteiger partial charge is 0.822 e. The topological polar surface area (TPSA) is 210 Å². The van der Waals surface area contributed by atoms with Crippen LogP contribution in [0.2, 0.25) is 0 Å². The van der Waals surface area contributed by atoms with Crippen LogP contribution in [0.1, 0.15) is 6.92 Å². The van der Waals surface area contributed by atoms with Crippen molar-refractivity contribution in [2.45, 2.75) is 6.92 Å². The molecule has 88 valence electrons. The Labute approximate surface area is 186 Å². The number of carbonyl (C=O) groups is 1. The van der Waals surface area contributed by atoms with Gasteiger partial charge in [0.1, 0.15) is 0 Å². The summed E-state index contributed by atoms with van der Waals surface area (Å²) in [7, 11) is -10.8. The van der Waals surface area contributed by atoms with Crippen LogP contribution in [0.4, 0.5) is 0 Å². The van der Waals surface area contributed by atoms with Gasteiger partial charge in [0.25, 0.3) is 5.97 Å². The van der Waals surface area contributed by atoms with Crippen molar-refractivity contribution in [2.24, 2.45) is 0 Å². The molecule has 10 nitrogen and oxygen atoms in total. The van der Waals surface area contributed by atoms with E-state index in [9.17, 15) is 0 Å². The molecule has 0 unspecified atom stereocenters. The molecule has 0 aromatic carbocycles. The second kappa shape index (κ2) is 19.5. The Morgan fingerprint density at radius 1 is 0.824 bits per heavy atom. The molecule has 0 bridgehead atoms. The van der Waals surface area contributed by atoms with Gasteiger partial charge in [-0.25, -0.2) is 0 Å². The maximum absolute atomic E-state index is 9.00. The van der Waals surface area contributed by atoms with Crippen LogP contribution < -0.4 is 29.4 Å². The molecule has 1 N–H and O–H groups in total. The summed E-state index contributed by atoms with van der Waals surface area (Å²) in [6.07, 6.45) is 0. The largest absolute Gasteiger partial charge is 2.00 e. The molecular formula is C2H4Ca3O10P2. The van der Waals surface area contributed by atoms with Crippen LogP contribution in [0.5, 0.6) is 0 Å². The van der Waals surface area contributed by atoms with E-state index in [-0.39, 0.29) is 113 Å². The summed E-state index contributed by atoms with van der Waals surface area (Å²) in [5, 5.41) is 7.42. The van der Waals surface area contributed by atoms with Gasteiger partial charge >= 0.3 is 113 Å². The van der Waals surface area contributed by atoms with Crippen molar-refractivity contribution in [1.29, 1.82) is 0 Å². The Morgan fingerprint density at radius 2 is 0.824 bits per heavy atom. The van der Waals surface area contributed by atoms with Crippen molar-refractivity contribution >= 4 is 135 Å². The molecule has 0 aliphatic heterocycles. The van der Waals surface area contributed by atoms with Crippen LogP contribution in [0.25, 0.3) is 0 Å². The molecule has 0 saturated heterocycles. The first-order chi connectivity index (χ1) is 5.73. The number of rotatable bonds is 0. The van der Waals surface area contributed by atoms with Gasteiger partial charge < -0.3 is 43.6 Å². The fourth-order valence-electron chi connectivity index (χ4n) is 0. The molecule has 0 radical (unpaired) electrons. The van der Waals surface area contributed by atoms with Crippen molar-refractivity contribution in [3.05, 3.63) is 0 Å². The summed E-state index contributed by atoms with van der Waals surface area (Å²) >= 11 is 0. The molecular weight excluding hydrogens is 366 g/mol. The van der Waals surface area contributed by atoms with Crippen molar-refractivity contribution < 1.29 is 48.4 Å². The number of carboxylic acid groups (broad SMARTS) is 1. The second-order valence-electron chi connectivity index (χ2n) is 1.41. The summed E-state index contributed by atoms with van der Waals surface area (Å²) < 4.78 is 17.1. The fourth-order valence-corrected chi connectivity index (χ4v) is 0. The molecule has 17 heavy (non-hydrogen) atoms. The molecule has 0 rings (SSSR count). The molecule has 0 amide bonds. The molecule has 0 heterocycles. The Kier molecular flexibility index (Phi) is 42.4. The molecule has 15 heteroatoms.